The molecule has 4 heteroatoms. The van der Waals surface area contributed by atoms with Crippen LogP contribution < -0.4 is 0 Å². The molecule has 86 valence electrons. The van der Waals surface area contributed by atoms with Crippen LogP contribution in [-0.4, -0.2) is 23.4 Å². The molecule has 0 radical (unpaired) electrons. The van der Waals surface area contributed by atoms with Gasteiger partial charge in [-0.25, -0.2) is 0 Å². The van der Waals surface area contributed by atoms with Gasteiger partial charge in [-0.05, 0) is 38.0 Å². The van der Waals surface area contributed by atoms with Gasteiger partial charge in [-0.3, -0.25) is 4.79 Å². The standard InChI is InChI=1S/C12H13Br2NO/c1-8-3-2-4-15(8)12(16)9-5-10(13)7-11(14)6-9/h5-8H,2-4H2,1H3. The molecule has 2 rings (SSSR count). The van der Waals surface area contributed by atoms with Gasteiger partial charge >= 0.3 is 0 Å². The normalized spacial score (nSPS) is 20.2. The molecule has 2 nitrogen and oxygen atoms in total. The Labute approximate surface area is 112 Å². The van der Waals surface area contributed by atoms with E-state index in [1.54, 1.807) is 0 Å². The highest BCUT2D eigenvalue weighted by molar-refractivity contribution is 9.11. The fourth-order valence-corrected chi connectivity index (χ4v) is 3.37. The third kappa shape index (κ3) is 2.48. The zero-order valence-electron chi connectivity index (χ0n) is 9.04. The van der Waals surface area contributed by atoms with Gasteiger partial charge in [0.2, 0.25) is 0 Å². The first-order valence-corrected chi connectivity index (χ1v) is 6.93. The second kappa shape index (κ2) is 4.88. The van der Waals surface area contributed by atoms with Gasteiger partial charge in [-0.15, -0.1) is 0 Å². The topological polar surface area (TPSA) is 20.3 Å². The Morgan fingerprint density at radius 2 is 1.94 bits per heavy atom. The Morgan fingerprint density at radius 1 is 1.31 bits per heavy atom. The summed E-state index contributed by atoms with van der Waals surface area (Å²) >= 11 is 6.81. The van der Waals surface area contributed by atoms with Crippen molar-refractivity contribution in [3.8, 4) is 0 Å². The number of benzene rings is 1. The summed E-state index contributed by atoms with van der Waals surface area (Å²) in [6, 6.07) is 6.05. The lowest BCUT2D eigenvalue weighted by Crippen LogP contribution is -2.33. The summed E-state index contributed by atoms with van der Waals surface area (Å²) < 4.78 is 1.86. The summed E-state index contributed by atoms with van der Waals surface area (Å²) in [5.74, 6) is 0.131. The van der Waals surface area contributed by atoms with E-state index in [2.05, 4.69) is 38.8 Å². The van der Waals surface area contributed by atoms with Gasteiger partial charge in [0.1, 0.15) is 0 Å². The highest BCUT2D eigenvalue weighted by Gasteiger charge is 2.26. The zero-order valence-corrected chi connectivity index (χ0v) is 12.2. The van der Waals surface area contributed by atoms with Crippen LogP contribution in [0.1, 0.15) is 30.1 Å². The molecular weight excluding hydrogens is 334 g/mol. The average molecular weight is 347 g/mol. The van der Waals surface area contributed by atoms with E-state index in [0.29, 0.717) is 6.04 Å². The Hall–Kier alpha value is -0.350. The van der Waals surface area contributed by atoms with Crippen LogP contribution in [0.4, 0.5) is 0 Å². The van der Waals surface area contributed by atoms with Crippen LogP contribution in [0.3, 0.4) is 0 Å². The SMILES string of the molecule is CC1CCCN1C(=O)c1cc(Br)cc(Br)c1. The van der Waals surface area contributed by atoms with Crippen LogP contribution in [0.15, 0.2) is 27.1 Å². The molecule has 0 N–H and O–H groups in total. The van der Waals surface area contributed by atoms with Crippen molar-refractivity contribution in [2.75, 3.05) is 6.54 Å². The number of likely N-dealkylation sites (tertiary alicyclic amines) is 1. The van der Waals surface area contributed by atoms with Crippen LogP contribution in [0.2, 0.25) is 0 Å². The van der Waals surface area contributed by atoms with E-state index in [-0.39, 0.29) is 5.91 Å². The Bertz CT molecular complexity index is 399. The first-order valence-electron chi connectivity index (χ1n) is 5.35. The van der Waals surface area contributed by atoms with Gasteiger partial charge in [0, 0.05) is 27.1 Å². The van der Waals surface area contributed by atoms with E-state index in [4.69, 9.17) is 0 Å². The minimum absolute atomic E-state index is 0.131. The van der Waals surface area contributed by atoms with Crippen LogP contribution in [0, 0.1) is 0 Å². The molecule has 1 aliphatic rings. The van der Waals surface area contributed by atoms with E-state index < -0.39 is 0 Å². The van der Waals surface area contributed by atoms with E-state index >= 15 is 0 Å². The molecule has 1 amide bonds. The third-order valence-electron chi connectivity index (χ3n) is 2.92. The molecule has 1 aromatic rings. The van der Waals surface area contributed by atoms with Gasteiger partial charge in [0.05, 0.1) is 0 Å². The summed E-state index contributed by atoms with van der Waals surface area (Å²) in [5, 5.41) is 0. The number of nitrogens with zero attached hydrogens (tertiary/aromatic N) is 1. The molecule has 0 aromatic heterocycles. The fourth-order valence-electron chi connectivity index (χ4n) is 2.08. The minimum Gasteiger partial charge on any atom is -0.336 e. The molecule has 1 saturated heterocycles. The number of amides is 1. The number of carbonyl (C=O) groups excluding carboxylic acids is 1. The van der Waals surface area contributed by atoms with Gasteiger partial charge in [-0.1, -0.05) is 31.9 Å². The molecule has 0 bridgehead atoms. The van der Waals surface area contributed by atoms with Gasteiger partial charge in [-0.2, -0.15) is 0 Å². The quantitative estimate of drug-likeness (QED) is 0.756. The van der Waals surface area contributed by atoms with Crippen molar-refractivity contribution in [2.24, 2.45) is 0 Å². The van der Waals surface area contributed by atoms with E-state index in [1.807, 2.05) is 23.1 Å². The molecule has 1 unspecified atom stereocenters. The van der Waals surface area contributed by atoms with Gasteiger partial charge in [0.25, 0.3) is 5.91 Å². The second-order valence-electron chi connectivity index (χ2n) is 4.15. The Morgan fingerprint density at radius 3 is 2.44 bits per heavy atom. The van der Waals surface area contributed by atoms with Crippen molar-refractivity contribution in [1.29, 1.82) is 0 Å². The number of hydrogen-bond acceptors (Lipinski definition) is 1. The van der Waals surface area contributed by atoms with Crippen molar-refractivity contribution < 1.29 is 4.79 Å². The number of carbonyl (C=O) groups is 1. The van der Waals surface area contributed by atoms with Crippen LogP contribution in [0.25, 0.3) is 0 Å². The lowest BCUT2D eigenvalue weighted by atomic mass is 10.2. The molecule has 1 heterocycles. The molecule has 1 aromatic carbocycles. The molecule has 0 aliphatic carbocycles. The zero-order chi connectivity index (χ0) is 11.7. The Balaban J connectivity index is 2.26. The first-order chi connectivity index (χ1) is 7.58. The predicted molar refractivity (Wildman–Crippen MR) is 71.6 cm³/mol. The average Bonchev–Trinajstić information content (AvgIpc) is 2.62. The van der Waals surface area contributed by atoms with Gasteiger partial charge in [0.15, 0.2) is 0 Å². The molecule has 0 spiro atoms. The lowest BCUT2D eigenvalue weighted by molar-refractivity contribution is 0.0747. The summed E-state index contributed by atoms with van der Waals surface area (Å²) in [6.07, 6.45) is 2.23. The molecule has 0 saturated carbocycles. The first kappa shape index (κ1) is 12.1. The van der Waals surface area contributed by atoms with Gasteiger partial charge < -0.3 is 4.90 Å². The second-order valence-corrected chi connectivity index (χ2v) is 5.98. The van der Waals surface area contributed by atoms with Crippen molar-refractivity contribution in [2.45, 2.75) is 25.8 Å². The Kier molecular flexibility index (Phi) is 3.70. The minimum atomic E-state index is 0.131. The summed E-state index contributed by atoms with van der Waals surface area (Å²) in [4.78, 5) is 14.2. The van der Waals surface area contributed by atoms with Crippen molar-refractivity contribution >= 4 is 37.8 Å². The summed E-state index contributed by atoms with van der Waals surface area (Å²) in [5.41, 5.74) is 0.745. The number of hydrogen-bond donors (Lipinski definition) is 0. The molecule has 1 aliphatic heterocycles. The van der Waals surface area contributed by atoms with Crippen LogP contribution in [-0.2, 0) is 0 Å². The lowest BCUT2D eigenvalue weighted by Gasteiger charge is -2.21. The van der Waals surface area contributed by atoms with E-state index in [0.717, 1.165) is 33.9 Å². The predicted octanol–water partition coefficient (Wildman–Crippen LogP) is 3.84. The van der Waals surface area contributed by atoms with Crippen molar-refractivity contribution in [3.63, 3.8) is 0 Å². The van der Waals surface area contributed by atoms with Crippen molar-refractivity contribution in [3.05, 3.63) is 32.7 Å². The maximum atomic E-state index is 12.2. The fraction of sp³-hybridized carbons (Fsp3) is 0.417. The largest absolute Gasteiger partial charge is 0.336 e. The maximum Gasteiger partial charge on any atom is 0.254 e. The molecular formula is C12H13Br2NO. The summed E-state index contributed by atoms with van der Waals surface area (Å²) in [7, 11) is 0. The smallest absolute Gasteiger partial charge is 0.254 e. The van der Waals surface area contributed by atoms with Crippen LogP contribution in [0.5, 0.6) is 0 Å². The highest BCUT2D eigenvalue weighted by Crippen LogP contribution is 2.24. The van der Waals surface area contributed by atoms with Crippen LogP contribution >= 0.6 is 31.9 Å². The number of rotatable bonds is 1. The molecule has 1 atom stereocenters. The van der Waals surface area contributed by atoms with Crippen molar-refractivity contribution in [1.82, 2.24) is 4.90 Å². The summed E-state index contributed by atoms with van der Waals surface area (Å²) in [6.45, 7) is 2.99. The monoisotopic (exact) mass is 345 g/mol. The van der Waals surface area contributed by atoms with E-state index in [9.17, 15) is 4.79 Å². The molecule has 1 fully saturated rings. The van der Waals surface area contributed by atoms with E-state index in [1.165, 1.54) is 0 Å². The molecule has 16 heavy (non-hydrogen) atoms. The maximum absolute atomic E-state index is 12.2. The number of halogens is 2. The highest BCUT2D eigenvalue weighted by atomic mass is 79.9. The third-order valence-corrected chi connectivity index (χ3v) is 3.84.